The molecule has 6 bridgehead atoms. The molecule has 2 amide bonds. The number of nitrogens with one attached hydrogen (secondary N) is 1. The highest BCUT2D eigenvalue weighted by atomic mass is 16.5. The van der Waals surface area contributed by atoms with Crippen molar-refractivity contribution in [2.75, 3.05) is 0 Å². The number of amides is 2. The fraction of sp³-hybridized carbons (Fsp3) is 0.731. The average molecular weight is 423 g/mol. The summed E-state index contributed by atoms with van der Waals surface area (Å²) in [5.74, 6) is 3.23. The lowest BCUT2D eigenvalue weighted by molar-refractivity contribution is -0.137. The lowest BCUT2D eigenvalue weighted by Gasteiger charge is -2.58. The first-order valence-corrected chi connectivity index (χ1v) is 12.5. The van der Waals surface area contributed by atoms with Crippen LogP contribution in [0.2, 0.25) is 0 Å². The molecule has 1 aromatic rings. The molecule has 2 heterocycles. The monoisotopic (exact) mass is 422 g/mol. The van der Waals surface area contributed by atoms with Crippen molar-refractivity contribution in [3.63, 3.8) is 0 Å². The largest absolute Gasteiger partial charge is 0.490 e. The van der Waals surface area contributed by atoms with Gasteiger partial charge in [-0.3, -0.25) is 0 Å². The van der Waals surface area contributed by atoms with Gasteiger partial charge in [0.1, 0.15) is 11.9 Å². The maximum absolute atomic E-state index is 13.6. The van der Waals surface area contributed by atoms with Crippen molar-refractivity contribution in [1.29, 1.82) is 0 Å². The van der Waals surface area contributed by atoms with Gasteiger partial charge in [0.25, 0.3) is 0 Å². The summed E-state index contributed by atoms with van der Waals surface area (Å²) in [7, 11) is 0. The van der Waals surface area contributed by atoms with E-state index in [9.17, 15) is 9.90 Å². The number of aliphatic hydroxyl groups is 1. The molecule has 7 aliphatic rings. The number of hydrogen-bond acceptors (Lipinski definition) is 3. The molecule has 7 fully saturated rings. The normalized spacial score (nSPS) is 48.5. The molecule has 1 spiro atoms. The number of piperidine rings is 2. The van der Waals surface area contributed by atoms with Gasteiger partial charge in [-0.1, -0.05) is 12.1 Å². The molecule has 0 aromatic heterocycles. The third kappa shape index (κ3) is 2.81. The molecule has 166 valence electrons. The second-order valence-electron chi connectivity index (χ2n) is 11.9. The van der Waals surface area contributed by atoms with Crippen LogP contribution in [0, 0.1) is 30.6 Å². The van der Waals surface area contributed by atoms with E-state index >= 15 is 0 Å². The van der Waals surface area contributed by atoms with Crippen molar-refractivity contribution in [3.05, 3.63) is 29.8 Å². The fourth-order valence-corrected chi connectivity index (χ4v) is 8.86. The van der Waals surface area contributed by atoms with Gasteiger partial charge in [0.05, 0.1) is 11.1 Å². The number of nitrogens with zero attached hydrogens (tertiary/aromatic N) is 1. The molecule has 6 atom stereocenters. The van der Waals surface area contributed by atoms with Crippen molar-refractivity contribution in [3.8, 4) is 5.75 Å². The SMILES string of the molecule is Cc1cccc(O[C@H]2C[C@H]3C[C@@H]4CC4(C2)N3C(=O)NC2C3CC4CC2CC(O)(C4)C3)c1. The van der Waals surface area contributed by atoms with Crippen molar-refractivity contribution in [2.24, 2.45) is 23.7 Å². The second kappa shape index (κ2) is 6.18. The second-order valence-corrected chi connectivity index (χ2v) is 11.9. The summed E-state index contributed by atoms with van der Waals surface area (Å²) in [6.07, 6.45) is 9.53. The first-order chi connectivity index (χ1) is 14.9. The van der Waals surface area contributed by atoms with Gasteiger partial charge in [0.2, 0.25) is 0 Å². The molecule has 0 radical (unpaired) electrons. The van der Waals surface area contributed by atoms with E-state index in [1.807, 2.05) is 0 Å². The molecular formula is C26H34N2O3. The number of carbonyl (C=O) groups is 1. The molecule has 5 heteroatoms. The first-order valence-electron chi connectivity index (χ1n) is 12.5. The maximum atomic E-state index is 13.6. The highest BCUT2D eigenvalue weighted by Gasteiger charge is 2.70. The summed E-state index contributed by atoms with van der Waals surface area (Å²) in [5.41, 5.74) is 0.814. The highest BCUT2D eigenvalue weighted by Crippen LogP contribution is 2.64. The number of fused-ring (bicyclic) bond motifs is 1. The van der Waals surface area contributed by atoms with E-state index in [2.05, 4.69) is 41.4 Å². The summed E-state index contributed by atoms with van der Waals surface area (Å²) >= 11 is 0. The zero-order chi connectivity index (χ0) is 21.0. The summed E-state index contributed by atoms with van der Waals surface area (Å²) in [4.78, 5) is 15.8. The van der Waals surface area contributed by atoms with Gasteiger partial charge in [0.15, 0.2) is 0 Å². The third-order valence-electron chi connectivity index (χ3n) is 9.76. The Bertz CT molecular complexity index is 917. The Hall–Kier alpha value is -1.75. The topological polar surface area (TPSA) is 61.8 Å². The first kappa shape index (κ1) is 18.8. The predicted molar refractivity (Wildman–Crippen MR) is 117 cm³/mol. The van der Waals surface area contributed by atoms with Crippen LogP contribution < -0.4 is 10.1 Å². The van der Waals surface area contributed by atoms with E-state index in [0.717, 1.165) is 50.7 Å². The van der Waals surface area contributed by atoms with Crippen molar-refractivity contribution in [1.82, 2.24) is 10.2 Å². The van der Waals surface area contributed by atoms with Gasteiger partial charge < -0.3 is 20.1 Å². The maximum Gasteiger partial charge on any atom is 0.318 e. The Labute approximate surface area is 184 Å². The van der Waals surface area contributed by atoms with Crippen LogP contribution in [0.3, 0.4) is 0 Å². The van der Waals surface area contributed by atoms with Gasteiger partial charge in [0, 0.05) is 24.9 Å². The number of hydrogen-bond donors (Lipinski definition) is 2. The number of ether oxygens (including phenoxy) is 1. The van der Waals surface area contributed by atoms with E-state index in [-0.39, 0.29) is 23.7 Å². The van der Waals surface area contributed by atoms with E-state index in [4.69, 9.17) is 4.74 Å². The predicted octanol–water partition coefficient (Wildman–Crippen LogP) is 4.02. The van der Waals surface area contributed by atoms with E-state index in [0.29, 0.717) is 29.7 Å². The Morgan fingerprint density at radius 3 is 2.61 bits per heavy atom. The number of carbonyl (C=O) groups excluding carboxylic acids is 1. The van der Waals surface area contributed by atoms with Crippen LogP contribution in [0.5, 0.6) is 5.75 Å². The van der Waals surface area contributed by atoms with Crippen molar-refractivity contribution in [2.45, 2.75) is 94.0 Å². The molecule has 8 rings (SSSR count). The third-order valence-corrected chi connectivity index (χ3v) is 9.76. The minimum Gasteiger partial charge on any atom is -0.490 e. The summed E-state index contributed by atoms with van der Waals surface area (Å²) in [5, 5.41) is 14.4. The summed E-state index contributed by atoms with van der Waals surface area (Å²) < 4.78 is 6.39. The molecule has 2 aliphatic heterocycles. The standard InChI is InChI=1S/C26H34N2O3/c1-15-3-2-4-21(5-15)31-22-9-20-8-19-13-26(19,14-22)28(20)24(29)27-23-17-6-16-7-18(23)12-25(30,10-16)11-17/h2-5,16-20,22-23,30H,6-14H2,1H3,(H,27,29)/t16?,17?,18?,19-,20-,22+,23?,25?,26?/m1/s1. The highest BCUT2D eigenvalue weighted by molar-refractivity contribution is 5.77. The lowest BCUT2D eigenvalue weighted by atomic mass is 9.52. The molecule has 3 unspecified atom stereocenters. The fourth-order valence-electron chi connectivity index (χ4n) is 8.86. The van der Waals surface area contributed by atoms with Gasteiger partial charge in [-0.05, 0) is 93.2 Å². The smallest absolute Gasteiger partial charge is 0.318 e. The molecule has 2 N–H and O–H groups in total. The van der Waals surface area contributed by atoms with Crippen LogP contribution in [0.1, 0.15) is 63.4 Å². The van der Waals surface area contributed by atoms with Gasteiger partial charge in [-0.15, -0.1) is 0 Å². The average Bonchev–Trinajstić information content (AvgIpc) is 3.28. The van der Waals surface area contributed by atoms with Gasteiger partial charge in [-0.25, -0.2) is 4.79 Å². The summed E-state index contributed by atoms with van der Waals surface area (Å²) in [6, 6.07) is 9.06. The van der Waals surface area contributed by atoms with Gasteiger partial charge >= 0.3 is 6.03 Å². The minimum absolute atomic E-state index is 0.0333. The van der Waals surface area contributed by atoms with Crippen LogP contribution in [0.4, 0.5) is 4.79 Å². The summed E-state index contributed by atoms with van der Waals surface area (Å²) in [6.45, 7) is 2.10. The molecule has 5 aliphatic carbocycles. The molecule has 2 saturated heterocycles. The van der Waals surface area contributed by atoms with Crippen LogP contribution in [-0.4, -0.2) is 45.4 Å². The number of aryl methyl sites for hydroxylation is 1. The number of urea groups is 1. The van der Waals surface area contributed by atoms with Crippen molar-refractivity contribution < 1.29 is 14.6 Å². The number of rotatable bonds is 3. The van der Waals surface area contributed by atoms with Crippen LogP contribution >= 0.6 is 0 Å². The number of benzene rings is 1. The zero-order valence-corrected chi connectivity index (χ0v) is 18.4. The Balaban J connectivity index is 1.06. The molecule has 1 aromatic carbocycles. The Morgan fingerprint density at radius 2 is 1.90 bits per heavy atom. The molecule has 31 heavy (non-hydrogen) atoms. The van der Waals surface area contributed by atoms with E-state index in [1.54, 1.807) is 0 Å². The molecular weight excluding hydrogens is 388 g/mol. The Kier molecular flexibility index (Phi) is 3.75. The molecule has 5 nitrogen and oxygen atoms in total. The minimum atomic E-state index is -0.442. The molecule has 5 saturated carbocycles. The zero-order valence-electron chi connectivity index (χ0n) is 18.4. The Morgan fingerprint density at radius 1 is 1.10 bits per heavy atom. The lowest BCUT2D eigenvalue weighted by Crippen LogP contribution is -2.64. The van der Waals surface area contributed by atoms with Crippen molar-refractivity contribution >= 4 is 6.03 Å². The van der Waals surface area contributed by atoms with Crippen LogP contribution in [-0.2, 0) is 0 Å². The van der Waals surface area contributed by atoms with E-state index in [1.165, 1.54) is 18.4 Å². The van der Waals surface area contributed by atoms with Crippen LogP contribution in [0.25, 0.3) is 0 Å². The quantitative estimate of drug-likeness (QED) is 0.773. The van der Waals surface area contributed by atoms with E-state index < -0.39 is 5.60 Å². The van der Waals surface area contributed by atoms with Gasteiger partial charge in [-0.2, -0.15) is 0 Å². The van der Waals surface area contributed by atoms with Crippen LogP contribution in [0.15, 0.2) is 24.3 Å².